The second-order valence-corrected chi connectivity index (χ2v) is 16.4. The minimum Gasteiger partial charge on any atom is -0.478 e. The van der Waals surface area contributed by atoms with Crippen LogP contribution in [0.15, 0.2) is 36.4 Å². The maximum atomic E-state index is 13.3. The number of fused-ring (bicyclic) bond motifs is 3. The Balaban J connectivity index is 0.00000468. The summed E-state index contributed by atoms with van der Waals surface area (Å²) < 4.78 is 0. The van der Waals surface area contributed by atoms with E-state index in [0.29, 0.717) is 35.7 Å². The van der Waals surface area contributed by atoms with Crippen LogP contribution < -0.4 is 0 Å². The van der Waals surface area contributed by atoms with Crippen LogP contribution in [-0.2, 0) is 12.8 Å². The third-order valence-electron chi connectivity index (χ3n) is 10.5. The average Bonchev–Trinajstić information content (AvgIpc) is 3.38. The van der Waals surface area contributed by atoms with Crippen molar-refractivity contribution in [2.24, 2.45) is 23.7 Å². The van der Waals surface area contributed by atoms with Crippen LogP contribution in [-0.4, -0.2) is 71.2 Å². The minimum absolute atomic E-state index is 0. The SMILES string of the molecule is CC(C)CCN(CCCc1c(CCCN(CCC(C)C)CCC(C)C)c2c3c(cccc3c1C(=O)O)-c1cc(C(=O)O)ccc1-2)CCC(C)C.Cl.Cl. The predicted molar refractivity (Wildman–Crippen MR) is 224 cm³/mol. The molecule has 3 aromatic carbocycles. The van der Waals surface area contributed by atoms with Crippen molar-refractivity contribution >= 4 is 47.5 Å². The van der Waals surface area contributed by atoms with E-state index in [1.807, 2.05) is 24.3 Å². The third-order valence-corrected chi connectivity index (χ3v) is 10.5. The van der Waals surface area contributed by atoms with Gasteiger partial charge in [0.05, 0.1) is 11.1 Å². The first-order valence-electron chi connectivity index (χ1n) is 19.4. The normalized spacial score (nSPS) is 12.0. The standard InChI is InChI=1S/C44H64N2O4.2ClH/c1-29(2)18-24-45(25-19-30(3)4)22-10-14-34-35(15-11-23-46(26-20-31(5)6)27-21-32(7)8)42(44(49)50)38-13-9-12-36-39-28-33(43(47)48)16-17-37(39)40(34)41(36)38;;/h9,12-13,16-17,28-32H,10-11,14-15,18-27H2,1-8H3,(H,47,48)(H,49,50);2*1H. The molecule has 0 amide bonds. The van der Waals surface area contributed by atoms with Gasteiger partial charge < -0.3 is 20.0 Å². The van der Waals surface area contributed by atoms with E-state index < -0.39 is 11.9 Å². The van der Waals surface area contributed by atoms with Crippen LogP contribution >= 0.6 is 24.8 Å². The fourth-order valence-corrected chi connectivity index (χ4v) is 7.47. The van der Waals surface area contributed by atoms with Gasteiger partial charge in [0.1, 0.15) is 0 Å². The summed E-state index contributed by atoms with van der Waals surface area (Å²) in [6.07, 6.45) is 7.99. The summed E-state index contributed by atoms with van der Waals surface area (Å²) in [5.41, 5.74) is 6.78. The molecule has 0 unspecified atom stereocenters. The molecule has 1 aliphatic carbocycles. The van der Waals surface area contributed by atoms with Crippen molar-refractivity contribution < 1.29 is 19.8 Å². The lowest BCUT2D eigenvalue weighted by atomic mass is 9.84. The van der Waals surface area contributed by atoms with E-state index >= 15 is 0 Å². The molecule has 0 fully saturated rings. The zero-order chi connectivity index (χ0) is 36.5. The predicted octanol–water partition coefficient (Wildman–Crippen LogP) is 11.4. The molecule has 0 saturated heterocycles. The Hall–Kier alpha value is -2.64. The van der Waals surface area contributed by atoms with Crippen LogP contribution in [0.4, 0.5) is 0 Å². The van der Waals surface area contributed by atoms with Gasteiger partial charge in [0, 0.05) is 0 Å². The van der Waals surface area contributed by atoms with Crippen LogP contribution in [0.1, 0.15) is 126 Å². The van der Waals surface area contributed by atoms with Crippen LogP contribution in [0.25, 0.3) is 33.0 Å². The molecule has 8 heteroatoms. The summed E-state index contributed by atoms with van der Waals surface area (Å²) in [6.45, 7) is 24.5. The van der Waals surface area contributed by atoms with Crippen LogP contribution in [0.5, 0.6) is 0 Å². The topological polar surface area (TPSA) is 81.1 Å². The smallest absolute Gasteiger partial charge is 0.336 e. The molecule has 3 aromatic rings. The summed E-state index contributed by atoms with van der Waals surface area (Å²) in [7, 11) is 0. The fraction of sp³-hybridized carbons (Fsp3) is 0.591. The van der Waals surface area contributed by atoms with Gasteiger partial charge >= 0.3 is 11.9 Å². The number of halogens is 2. The Morgan fingerprint density at radius 3 is 1.50 bits per heavy atom. The highest BCUT2D eigenvalue weighted by atomic mass is 35.5. The molecule has 0 heterocycles. The van der Waals surface area contributed by atoms with Gasteiger partial charge in [-0.2, -0.15) is 0 Å². The van der Waals surface area contributed by atoms with E-state index in [2.05, 4.69) is 65.2 Å². The lowest BCUT2D eigenvalue weighted by Crippen LogP contribution is -2.29. The Bertz CT molecular complexity index is 1590. The Morgan fingerprint density at radius 2 is 1.06 bits per heavy atom. The van der Waals surface area contributed by atoms with Gasteiger partial charge in [0.15, 0.2) is 0 Å². The quantitative estimate of drug-likeness (QED) is 0.0831. The van der Waals surface area contributed by atoms with E-state index in [1.165, 1.54) is 12.8 Å². The summed E-state index contributed by atoms with van der Waals surface area (Å²) in [4.78, 5) is 30.5. The molecule has 0 spiro atoms. The number of carbonyl (C=O) groups is 2. The molecular weight excluding hydrogens is 691 g/mol. The number of rotatable bonds is 22. The monoisotopic (exact) mass is 756 g/mol. The summed E-state index contributed by atoms with van der Waals surface area (Å²) >= 11 is 0. The largest absolute Gasteiger partial charge is 0.478 e. The number of carboxylic acids is 2. The zero-order valence-corrected chi connectivity index (χ0v) is 34.7. The maximum Gasteiger partial charge on any atom is 0.336 e. The minimum atomic E-state index is -0.953. The first kappa shape index (κ1) is 45.5. The van der Waals surface area contributed by atoms with Crippen molar-refractivity contribution in [1.82, 2.24) is 9.80 Å². The van der Waals surface area contributed by atoms with E-state index in [4.69, 9.17) is 0 Å². The second-order valence-electron chi connectivity index (χ2n) is 16.4. The van der Waals surface area contributed by atoms with Gasteiger partial charge in [-0.3, -0.25) is 0 Å². The first-order valence-corrected chi connectivity index (χ1v) is 19.4. The van der Waals surface area contributed by atoms with Gasteiger partial charge in [0.2, 0.25) is 0 Å². The molecule has 0 aromatic heterocycles. The van der Waals surface area contributed by atoms with Crippen LogP contribution in [0.2, 0.25) is 0 Å². The van der Waals surface area contributed by atoms with Gasteiger partial charge in [-0.15, -0.1) is 24.8 Å². The van der Waals surface area contributed by atoms with Gasteiger partial charge in [-0.25, -0.2) is 9.59 Å². The van der Waals surface area contributed by atoms with E-state index in [-0.39, 0.29) is 30.4 Å². The summed E-state index contributed by atoms with van der Waals surface area (Å²) in [5, 5.41) is 22.5. The first-order chi connectivity index (χ1) is 23.8. The van der Waals surface area contributed by atoms with Crippen molar-refractivity contribution in [1.29, 1.82) is 0 Å². The molecule has 2 N–H and O–H groups in total. The van der Waals surface area contributed by atoms with Crippen molar-refractivity contribution in [2.75, 3.05) is 39.3 Å². The molecule has 0 aliphatic heterocycles. The molecule has 4 rings (SSSR count). The van der Waals surface area contributed by atoms with Crippen LogP contribution in [0, 0.1) is 23.7 Å². The maximum absolute atomic E-state index is 13.3. The molecule has 0 bridgehead atoms. The van der Waals surface area contributed by atoms with Crippen molar-refractivity contribution in [3.05, 3.63) is 58.7 Å². The molecule has 290 valence electrons. The van der Waals surface area contributed by atoms with E-state index in [0.717, 1.165) is 116 Å². The highest BCUT2D eigenvalue weighted by Gasteiger charge is 2.31. The van der Waals surface area contributed by atoms with E-state index in [9.17, 15) is 19.8 Å². The van der Waals surface area contributed by atoms with Gasteiger partial charge in [0.25, 0.3) is 0 Å². The molecule has 6 nitrogen and oxygen atoms in total. The Morgan fingerprint density at radius 1 is 0.577 bits per heavy atom. The molecule has 0 radical (unpaired) electrons. The number of nitrogens with zero attached hydrogens (tertiary/aromatic N) is 2. The molecule has 52 heavy (non-hydrogen) atoms. The Kier molecular flexibility index (Phi) is 18.6. The third kappa shape index (κ3) is 11.9. The van der Waals surface area contributed by atoms with Crippen molar-refractivity contribution in [3.8, 4) is 22.3 Å². The number of carboxylic acid groups (broad SMARTS) is 2. The lowest BCUT2D eigenvalue weighted by Gasteiger charge is -2.26. The lowest BCUT2D eigenvalue weighted by molar-refractivity contribution is 0.0686. The molecule has 0 atom stereocenters. The van der Waals surface area contributed by atoms with Crippen molar-refractivity contribution in [2.45, 2.75) is 107 Å². The molecule has 0 saturated carbocycles. The highest BCUT2D eigenvalue weighted by molar-refractivity contribution is 6.21. The summed E-state index contributed by atoms with van der Waals surface area (Å²) in [5.74, 6) is 0.748. The number of aromatic carboxylic acids is 2. The van der Waals surface area contributed by atoms with Gasteiger partial charge in [-0.1, -0.05) is 79.7 Å². The van der Waals surface area contributed by atoms with E-state index in [1.54, 1.807) is 12.1 Å². The molecule has 1 aliphatic rings. The summed E-state index contributed by atoms with van der Waals surface area (Å²) in [6, 6.07) is 11.4. The van der Waals surface area contributed by atoms with Crippen LogP contribution in [0.3, 0.4) is 0 Å². The number of hydrogen-bond donors (Lipinski definition) is 2. The Labute approximate surface area is 326 Å². The fourth-order valence-electron chi connectivity index (χ4n) is 7.47. The number of hydrogen-bond acceptors (Lipinski definition) is 4. The van der Waals surface area contributed by atoms with Crippen molar-refractivity contribution in [3.63, 3.8) is 0 Å². The zero-order valence-electron chi connectivity index (χ0n) is 33.1. The molecular formula is C44H66Cl2N2O4. The van der Waals surface area contributed by atoms with Gasteiger partial charge in [-0.05, 0) is 171 Å². The second kappa shape index (κ2) is 21.3. The highest BCUT2D eigenvalue weighted by Crippen LogP contribution is 2.51. The number of benzene rings is 3. The average molecular weight is 758 g/mol.